The van der Waals surface area contributed by atoms with E-state index in [4.69, 9.17) is 10.2 Å². The third-order valence-electron chi connectivity index (χ3n) is 3.88. The first-order chi connectivity index (χ1) is 8.78. The van der Waals surface area contributed by atoms with Crippen LogP contribution >= 0.6 is 0 Å². The van der Waals surface area contributed by atoms with Crippen molar-refractivity contribution in [2.24, 2.45) is 5.73 Å². The molecule has 2 fully saturated rings. The minimum Gasteiger partial charge on any atom is -0.440 e. The lowest BCUT2D eigenvalue weighted by Crippen LogP contribution is -2.44. The minimum absolute atomic E-state index is 0.375. The molecule has 2 aliphatic rings. The van der Waals surface area contributed by atoms with Crippen molar-refractivity contribution in [2.75, 3.05) is 5.32 Å². The van der Waals surface area contributed by atoms with Gasteiger partial charge in [0.25, 0.3) is 0 Å². The van der Waals surface area contributed by atoms with Crippen molar-refractivity contribution in [1.29, 1.82) is 0 Å². The molecule has 1 aromatic heterocycles. The number of aromatic nitrogens is 1. The SMILES string of the molecule is NC1CC(Nc2ccc3oc(C4CC4)nc3c2)C1. The average molecular weight is 243 g/mol. The number of benzene rings is 1. The van der Waals surface area contributed by atoms with Crippen molar-refractivity contribution in [2.45, 2.75) is 43.7 Å². The number of oxazole rings is 1. The standard InChI is InChI=1S/C14H17N3O/c15-9-5-11(6-9)16-10-3-4-13-12(7-10)17-14(18-13)8-1-2-8/h3-4,7-9,11,16H,1-2,5-6,15H2. The van der Waals surface area contributed by atoms with Gasteiger partial charge in [-0.25, -0.2) is 4.98 Å². The predicted molar refractivity (Wildman–Crippen MR) is 70.6 cm³/mol. The monoisotopic (exact) mass is 243 g/mol. The van der Waals surface area contributed by atoms with Gasteiger partial charge in [-0.2, -0.15) is 0 Å². The van der Waals surface area contributed by atoms with E-state index in [1.54, 1.807) is 0 Å². The first-order valence-electron chi connectivity index (χ1n) is 6.70. The van der Waals surface area contributed by atoms with E-state index in [-0.39, 0.29) is 0 Å². The number of nitrogens with one attached hydrogen (secondary N) is 1. The maximum Gasteiger partial charge on any atom is 0.198 e. The van der Waals surface area contributed by atoms with Crippen LogP contribution in [-0.2, 0) is 0 Å². The number of nitrogens with zero attached hydrogens (tertiary/aromatic N) is 1. The Morgan fingerprint density at radius 2 is 2.11 bits per heavy atom. The Balaban J connectivity index is 1.58. The summed E-state index contributed by atoms with van der Waals surface area (Å²) in [6, 6.07) is 7.05. The maximum absolute atomic E-state index is 5.79. The summed E-state index contributed by atoms with van der Waals surface area (Å²) in [6.07, 6.45) is 4.56. The van der Waals surface area contributed by atoms with E-state index in [1.165, 1.54) is 12.8 Å². The average Bonchev–Trinajstić information content (AvgIpc) is 3.07. The van der Waals surface area contributed by atoms with Gasteiger partial charge in [-0.1, -0.05) is 0 Å². The van der Waals surface area contributed by atoms with Crippen LogP contribution in [0, 0.1) is 0 Å². The molecule has 0 spiro atoms. The summed E-state index contributed by atoms with van der Waals surface area (Å²) in [5, 5.41) is 3.49. The molecule has 18 heavy (non-hydrogen) atoms. The zero-order chi connectivity index (χ0) is 12.1. The highest BCUT2D eigenvalue weighted by Gasteiger charge is 2.29. The second-order valence-electron chi connectivity index (χ2n) is 5.58. The largest absolute Gasteiger partial charge is 0.440 e. The fourth-order valence-electron chi connectivity index (χ4n) is 2.56. The van der Waals surface area contributed by atoms with Crippen molar-refractivity contribution in [1.82, 2.24) is 4.98 Å². The van der Waals surface area contributed by atoms with Crippen LogP contribution in [0.15, 0.2) is 22.6 Å². The van der Waals surface area contributed by atoms with Gasteiger partial charge in [-0.3, -0.25) is 0 Å². The lowest BCUT2D eigenvalue weighted by atomic mass is 9.87. The fourth-order valence-corrected chi connectivity index (χ4v) is 2.56. The van der Waals surface area contributed by atoms with Crippen LogP contribution in [0.1, 0.15) is 37.5 Å². The van der Waals surface area contributed by atoms with Crippen molar-refractivity contribution in [3.63, 3.8) is 0 Å². The molecule has 4 rings (SSSR count). The van der Waals surface area contributed by atoms with Crippen LogP contribution in [0.25, 0.3) is 11.1 Å². The van der Waals surface area contributed by atoms with Gasteiger partial charge < -0.3 is 15.5 Å². The summed E-state index contributed by atoms with van der Waals surface area (Å²) in [5.74, 6) is 1.48. The van der Waals surface area contributed by atoms with Crippen LogP contribution in [0.5, 0.6) is 0 Å². The Hall–Kier alpha value is -1.55. The van der Waals surface area contributed by atoms with Gasteiger partial charge >= 0.3 is 0 Å². The van der Waals surface area contributed by atoms with Gasteiger partial charge in [0.1, 0.15) is 5.52 Å². The van der Waals surface area contributed by atoms with Crippen molar-refractivity contribution in [3.05, 3.63) is 24.1 Å². The second-order valence-corrected chi connectivity index (χ2v) is 5.58. The zero-order valence-electron chi connectivity index (χ0n) is 10.2. The number of rotatable bonds is 3. The van der Waals surface area contributed by atoms with E-state index >= 15 is 0 Å². The molecule has 2 saturated carbocycles. The van der Waals surface area contributed by atoms with E-state index < -0.39 is 0 Å². The highest BCUT2D eigenvalue weighted by atomic mass is 16.3. The summed E-state index contributed by atoms with van der Waals surface area (Å²) in [4.78, 5) is 4.57. The maximum atomic E-state index is 5.79. The molecule has 2 aromatic rings. The molecule has 0 amide bonds. The molecule has 3 N–H and O–H groups in total. The van der Waals surface area contributed by atoms with E-state index in [2.05, 4.69) is 22.4 Å². The third-order valence-corrected chi connectivity index (χ3v) is 3.88. The van der Waals surface area contributed by atoms with Gasteiger partial charge in [-0.15, -0.1) is 0 Å². The number of hydrogen-bond acceptors (Lipinski definition) is 4. The van der Waals surface area contributed by atoms with Crippen LogP contribution < -0.4 is 11.1 Å². The highest BCUT2D eigenvalue weighted by molar-refractivity contribution is 5.77. The van der Waals surface area contributed by atoms with E-state index in [0.717, 1.165) is 35.5 Å². The number of anilines is 1. The number of hydrogen-bond donors (Lipinski definition) is 2. The van der Waals surface area contributed by atoms with Crippen LogP contribution in [0.3, 0.4) is 0 Å². The van der Waals surface area contributed by atoms with E-state index in [1.807, 2.05) is 6.07 Å². The second kappa shape index (κ2) is 3.72. The first kappa shape index (κ1) is 10.4. The van der Waals surface area contributed by atoms with E-state index in [9.17, 15) is 0 Å². The molecule has 0 atom stereocenters. The number of fused-ring (bicyclic) bond motifs is 1. The summed E-state index contributed by atoms with van der Waals surface area (Å²) in [6.45, 7) is 0. The molecule has 4 heteroatoms. The van der Waals surface area contributed by atoms with Crippen LogP contribution in [-0.4, -0.2) is 17.1 Å². The first-order valence-corrected chi connectivity index (χ1v) is 6.70. The molecule has 1 aromatic carbocycles. The molecular weight excluding hydrogens is 226 g/mol. The smallest absolute Gasteiger partial charge is 0.198 e. The molecule has 2 aliphatic carbocycles. The lowest BCUT2D eigenvalue weighted by molar-refractivity contribution is 0.374. The molecule has 0 unspecified atom stereocenters. The van der Waals surface area contributed by atoms with Crippen LogP contribution in [0.2, 0.25) is 0 Å². The summed E-state index contributed by atoms with van der Waals surface area (Å²) in [5.41, 5.74) is 8.77. The third kappa shape index (κ3) is 1.77. The molecule has 0 bridgehead atoms. The highest BCUT2D eigenvalue weighted by Crippen LogP contribution is 2.40. The van der Waals surface area contributed by atoms with Crippen molar-refractivity contribution >= 4 is 16.8 Å². The lowest BCUT2D eigenvalue weighted by Gasteiger charge is -2.33. The molecule has 0 radical (unpaired) electrons. The normalized spacial score (nSPS) is 27.2. The molecule has 4 nitrogen and oxygen atoms in total. The van der Waals surface area contributed by atoms with Gasteiger partial charge in [0.2, 0.25) is 0 Å². The molecule has 1 heterocycles. The quantitative estimate of drug-likeness (QED) is 0.869. The molecule has 0 aliphatic heterocycles. The Morgan fingerprint density at radius 1 is 1.28 bits per heavy atom. The molecular formula is C14H17N3O. The van der Waals surface area contributed by atoms with Gasteiger partial charge in [-0.05, 0) is 43.9 Å². The van der Waals surface area contributed by atoms with E-state index in [0.29, 0.717) is 18.0 Å². The van der Waals surface area contributed by atoms with Crippen LogP contribution in [0.4, 0.5) is 5.69 Å². The summed E-state index contributed by atoms with van der Waals surface area (Å²) < 4.78 is 5.75. The summed E-state index contributed by atoms with van der Waals surface area (Å²) in [7, 11) is 0. The Labute approximate surface area is 106 Å². The topological polar surface area (TPSA) is 64.1 Å². The van der Waals surface area contributed by atoms with Crippen molar-refractivity contribution in [3.8, 4) is 0 Å². The Morgan fingerprint density at radius 3 is 2.83 bits per heavy atom. The zero-order valence-corrected chi connectivity index (χ0v) is 10.2. The van der Waals surface area contributed by atoms with Crippen molar-refractivity contribution < 1.29 is 4.42 Å². The summed E-state index contributed by atoms with van der Waals surface area (Å²) >= 11 is 0. The van der Waals surface area contributed by atoms with Gasteiger partial charge in [0.15, 0.2) is 11.5 Å². The fraction of sp³-hybridized carbons (Fsp3) is 0.500. The number of nitrogens with two attached hydrogens (primary N) is 1. The molecule has 0 saturated heterocycles. The Bertz CT molecular complexity index is 582. The minimum atomic E-state index is 0.375. The molecule has 94 valence electrons. The van der Waals surface area contributed by atoms with Gasteiger partial charge in [0.05, 0.1) is 0 Å². The van der Waals surface area contributed by atoms with Gasteiger partial charge in [0, 0.05) is 23.7 Å². The Kier molecular flexibility index (Phi) is 2.14. The predicted octanol–water partition coefficient (Wildman–Crippen LogP) is 2.61.